The zero-order valence-electron chi connectivity index (χ0n) is 18.1. The number of rotatable bonds is 10. The van der Waals surface area contributed by atoms with Crippen molar-refractivity contribution in [3.8, 4) is 23.0 Å². The molecule has 8 nitrogen and oxygen atoms in total. The van der Waals surface area contributed by atoms with Gasteiger partial charge in [0.25, 0.3) is 0 Å². The number of carbonyl (C=O) groups excluding carboxylic acids is 1. The second-order valence-corrected chi connectivity index (χ2v) is 6.79. The molecule has 2 aromatic rings. The van der Waals surface area contributed by atoms with E-state index in [1.807, 2.05) is 0 Å². The summed E-state index contributed by atoms with van der Waals surface area (Å²) in [7, 11) is 4.51. The van der Waals surface area contributed by atoms with Crippen molar-refractivity contribution in [3.63, 3.8) is 0 Å². The average molecular weight is 446 g/mol. The Kier molecular flexibility index (Phi) is 9.57. The highest BCUT2D eigenvalue weighted by molar-refractivity contribution is 7.80. The molecular formula is C22H27N3O5S. The molecule has 0 aromatic heterocycles. The maximum atomic E-state index is 12.6. The number of ether oxygens (including phenoxy) is 4. The molecule has 0 atom stereocenters. The summed E-state index contributed by atoms with van der Waals surface area (Å²) in [5.41, 5.74) is 3.79. The molecule has 31 heavy (non-hydrogen) atoms. The molecule has 0 saturated carbocycles. The molecule has 2 N–H and O–H groups in total. The molecule has 0 amide bonds. The smallest absolute Gasteiger partial charge is 0.343 e. The Balaban J connectivity index is 2.07. The van der Waals surface area contributed by atoms with E-state index in [0.29, 0.717) is 22.4 Å². The summed E-state index contributed by atoms with van der Waals surface area (Å²) in [6.45, 7) is 2.91. The van der Waals surface area contributed by atoms with Crippen LogP contribution in [-0.2, 0) is 0 Å². The fourth-order valence-corrected chi connectivity index (χ4v) is 2.67. The SMILES string of the molecule is CCCCNC(=S)NN=Cc1ccc(OC(=O)c2cc(OC)cc(OC)c2)c(OC)c1. The van der Waals surface area contributed by atoms with E-state index in [1.54, 1.807) is 42.6 Å². The van der Waals surface area contributed by atoms with Crippen molar-refractivity contribution in [2.24, 2.45) is 5.10 Å². The van der Waals surface area contributed by atoms with Crippen molar-refractivity contribution in [1.29, 1.82) is 0 Å². The van der Waals surface area contributed by atoms with E-state index in [4.69, 9.17) is 31.2 Å². The van der Waals surface area contributed by atoms with Gasteiger partial charge in [0.1, 0.15) is 11.5 Å². The Labute approximate surface area is 187 Å². The Morgan fingerprint density at radius 1 is 1.03 bits per heavy atom. The van der Waals surface area contributed by atoms with Gasteiger partial charge in [0, 0.05) is 12.6 Å². The maximum absolute atomic E-state index is 12.6. The minimum absolute atomic E-state index is 0.274. The minimum Gasteiger partial charge on any atom is -0.497 e. The first-order valence-electron chi connectivity index (χ1n) is 9.70. The zero-order valence-corrected chi connectivity index (χ0v) is 18.9. The first-order chi connectivity index (χ1) is 15.0. The number of nitrogens with zero attached hydrogens (tertiary/aromatic N) is 1. The van der Waals surface area contributed by atoms with Gasteiger partial charge in [-0.2, -0.15) is 5.10 Å². The fourth-order valence-electron chi connectivity index (χ4n) is 2.52. The van der Waals surface area contributed by atoms with Gasteiger partial charge < -0.3 is 24.3 Å². The van der Waals surface area contributed by atoms with Gasteiger partial charge in [0.05, 0.1) is 33.1 Å². The van der Waals surface area contributed by atoms with Crippen LogP contribution < -0.4 is 29.7 Å². The summed E-state index contributed by atoms with van der Waals surface area (Å²) in [6.07, 6.45) is 3.71. The number of hydrogen-bond acceptors (Lipinski definition) is 7. The van der Waals surface area contributed by atoms with E-state index in [9.17, 15) is 4.79 Å². The molecule has 0 aliphatic heterocycles. The number of unbranched alkanes of at least 4 members (excludes halogenated alkanes) is 1. The summed E-state index contributed by atoms with van der Waals surface area (Å²) in [5.74, 6) is 1.06. The van der Waals surface area contributed by atoms with E-state index in [-0.39, 0.29) is 11.3 Å². The van der Waals surface area contributed by atoms with E-state index in [0.717, 1.165) is 24.9 Å². The van der Waals surface area contributed by atoms with Crippen LogP contribution in [0.25, 0.3) is 0 Å². The summed E-state index contributed by atoms with van der Waals surface area (Å²) < 4.78 is 21.3. The van der Waals surface area contributed by atoms with E-state index in [1.165, 1.54) is 21.3 Å². The van der Waals surface area contributed by atoms with Crippen LogP contribution in [0.3, 0.4) is 0 Å². The van der Waals surface area contributed by atoms with Crippen LogP contribution in [0.15, 0.2) is 41.5 Å². The summed E-state index contributed by atoms with van der Waals surface area (Å²) >= 11 is 5.15. The molecule has 0 bridgehead atoms. The maximum Gasteiger partial charge on any atom is 0.343 e. The third-order valence-electron chi connectivity index (χ3n) is 4.17. The Hall–Kier alpha value is -3.33. The van der Waals surface area contributed by atoms with Gasteiger partial charge in [-0.15, -0.1) is 0 Å². The molecule has 9 heteroatoms. The lowest BCUT2D eigenvalue weighted by molar-refractivity contribution is 0.0729. The van der Waals surface area contributed by atoms with Gasteiger partial charge in [-0.1, -0.05) is 13.3 Å². The van der Waals surface area contributed by atoms with Gasteiger partial charge in [0.15, 0.2) is 16.6 Å². The molecule has 0 unspecified atom stereocenters. The number of thiocarbonyl (C=S) groups is 1. The first-order valence-corrected chi connectivity index (χ1v) is 10.1. The molecule has 0 fully saturated rings. The molecule has 0 saturated heterocycles. The highest BCUT2D eigenvalue weighted by Crippen LogP contribution is 2.29. The largest absolute Gasteiger partial charge is 0.497 e. The lowest BCUT2D eigenvalue weighted by Gasteiger charge is -2.11. The van der Waals surface area contributed by atoms with Gasteiger partial charge >= 0.3 is 5.97 Å². The van der Waals surface area contributed by atoms with Crippen molar-refractivity contribution >= 4 is 29.5 Å². The number of benzene rings is 2. The van der Waals surface area contributed by atoms with Crippen LogP contribution in [0.2, 0.25) is 0 Å². The molecule has 0 spiro atoms. The van der Waals surface area contributed by atoms with Crippen molar-refractivity contribution in [1.82, 2.24) is 10.7 Å². The van der Waals surface area contributed by atoms with Crippen molar-refractivity contribution in [2.75, 3.05) is 27.9 Å². The van der Waals surface area contributed by atoms with E-state index < -0.39 is 5.97 Å². The van der Waals surface area contributed by atoms with E-state index in [2.05, 4.69) is 22.8 Å². The topological polar surface area (TPSA) is 90.4 Å². The predicted molar refractivity (Wildman–Crippen MR) is 124 cm³/mol. The van der Waals surface area contributed by atoms with Gasteiger partial charge in [-0.3, -0.25) is 5.43 Å². The third kappa shape index (κ3) is 7.45. The molecule has 0 radical (unpaired) electrons. The summed E-state index contributed by atoms with van der Waals surface area (Å²) in [5, 5.41) is 7.62. The van der Waals surface area contributed by atoms with Crippen molar-refractivity contribution < 1.29 is 23.7 Å². The minimum atomic E-state index is -0.568. The molecule has 2 rings (SSSR count). The highest BCUT2D eigenvalue weighted by Gasteiger charge is 2.15. The summed E-state index contributed by atoms with van der Waals surface area (Å²) in [6, 6.07) is 9.89. The van der Waals surface area contributed by atoms with Crippen LogP contribution in [-0.4, -0.2) is 45.2 Å². The third-order valence-corrected chi connectivity index (χ3v) is 4.41. The van der Waals surface area contributed by atoms with Gasteiger partial charge in [-0.25, -0.2) is 4.79 Å². The number of hydrogen-bond donors (Lipinski definition) is 2. The lowest BCUT2D eigenvalue weighted by atomic mass is 10.2. The van der Waals surface area contributed by atoms with Crippen LogP contribution in [0, 0.1) is 0 Å². The molecule has 0 aliphatic rings. The van der Waals surface area contributed by atoms with Gasteiger partial charge in [-0.05, 0) is 54.5 Å². The van der Waals surface area contributed by atoms with Crippen LogP contribution >= 0.6 is 12.2 Å². The van der Waals surface area contributed by atoms with Crippen LogP contribution in [0.5, 0.6) is 23.0 Å². The number of methoxy groups -OCH3 is 3. The zero-order chi connectivity index (χ0) is 22.6. The molecule has 166 valence electrons. The quantitative estimate of drug-likeness (QED) is 0.143. The van der Waals surface area contributed by atoms with Crippen molar-refractivity contribution in [3.05, 3.63) is 47.5 Å². The second kappa shape index (κ2) is 12.4. The predicted octanol–water partition coefficient (Wildman–Crippen LogP) is 3.53. The summed E-state index contributed by atoms with van der Waals surface area (Å²) in [4.78, 5) is 12.6. The normalized spacial score (nSPS) is 10.5. The molecule has 0 aliphatic carbocycles. The lowest BCUT2D eigenvalue weighted by Crippen LogP contribution is -2.32. The number of hydrazone groups is 1. The molecule has 2 aromatic carbocycles. The van der Waals surface area contributed by atoms with Crippen LogP contribution in [0.1, 0.15) is 35.7 Å². The van der Waals surface area contributed by atoms with E-state index >= 15 is 0 Å². The Bertz CT molecular complexity index is 911. The first kappa shape index (κ1) is 23.9. The van der Waals surface area contributed by atoms with Crippen LogP contribution in [0.4, 0.5) is 0 Å². The Morgan fingerprint density at radius 2 is 1.74 bits per heavy atom. The Morgan fingerprint density at radius 3 is 2.35 bits per heavy atom. The molecule has 0 heterocycles. The monoisotopic (exact) mass is 445 g/mol. The number of esters is 1. The number of nitrogens with one attached hydrogen (secondary N) is 2. The van der Waals surface area contributed by atoms with Crippen molar-refractivity contribution in [2.45, 2.75) is 19.8 Å². The fraction of sp³-hybridized carbons (Fsp3) is 0.318. The highest BCUT2D eigenvalue weighted by atomic mass is 32.1. The standard InChI is InChI=1S/C22H27N3O5S/c1-5-6-9-23-22(31)25-24-14-15-7-8-19(20(10-15)29-4)30-21(26)16-11-17(27-2)13-18(12-16)28-3/h7-8,10-14H,5-6,9H2,1-4H3,(H2,23,25,31). The van der Waals surface area contributed by atoms with Gasteiger partial charge in [0.2, 0.25) is 0 Å². The number of carbonyl (C=O) groups is 1. The second-order valence-electron chi connectivity index (χ2n) is 6.38. The molecular weight excluding hydrogens is 418 g/mol. The average Bonchev–Trinajstić information content (AvgIpc) is 2.79.